The SMILES string of the molecule is COc1ccc(CN(Cc2ccc(OC)cc2)c2cc(F)cc(C3CCCC(=O)C3)c2F)cc1. The number of carbonyl (C=O) groups excluding carboxylic acids is 1. The second-order valence-electron chi connectivity index (χ2n) is 8.71. The van der Waals surface area contributed by atoms with E-state index in [-0.39, 0.29) is 29.4 Å². The van der Waals surface area contributed by atoms with E-state index < -0.39 is 11.6 Å². The van der Waals surface area contributed by atoms with Crippen LogP contribution in [0.15, 0.2) is 60.7 Å². The molecule has 4 rings (SSSR count). The number of ether oxygens (including phenoxy) is 2. The molecule has 0 spiro atoms. The van der Waals surface area contributed by atoms with E-state index in [1.165, 1.54) is 12.1 Å². The predicted molar refractivity (Wildman–Crippen MR) is 128 cm³/mol. The van der Waals surface area contributed by atoms with E-state index in [1.54, 1.807) is 14.2 Å². The Morgan fingerprint density at radius 3 is 1.94 bits per heavy atom. The molecule has 178 valence electrons. The normalized spacial score (nSPS) is 15.8. The zero-order valence-electron chi connectivity index (χ0n) is 19.5. The fourth-order valence-corrected chi connectivity index (χ4v) is 4.54. The van der Waals surface area contributed by atoms with Gasteiger partial charge in [0.2, 0.25) is 0 Å². The van der Waals surface area contributed by atoms with Crippen LogP contribution in [0, 0.1) is 11.6 Å². The Labute approximate surface area is 199 Å². The minimum atomic E-state index is -0.501. The van der Waals surface area contributed by atoms with Gasteiger partial charge in [-0.05, 0) is 65.8 Å². The summed E-state index contributed by atoms with van der Waals surface area (Å²) in [6.07, 6.45) is 2.16. The Morgan fingerprint density at radius 1 is 0.882 bits per heavy atom. The third kappa shape index (κ3) is 5.56. The minimum Gasteiger partial charge on any atom is -0.497 e. The number of nitrogens with zero attached hydrogens (tertiary/aromatic N) is 1. The van der Waals surface area contributed by atoms with Crippen molar-refractivity contribution >= 4 is 11.5 Å². The van der Waals surface area contributed by atoms with Gasteiger partial charge in [-0.25, -0.2) is 8.78 Å². The number of rotatable bonds is 8. The number of ketones is 1. The van der Waals surface area contributed by atoms with Crippen molar-refractivity contribution < 1.29 is 23.0 Å². The molecule has 1 aliphatic rings. The monoisotopic (exact) mass is 465 g/mol. The number of carbonyl (C=O) groups is 1. The maximum atomic E-state index is 15.9. The molecule has 0 aromatic heterocycles. The van der Waals surface area contributed by atoms with Crippen molar-refractivity contribution in [2.75, 3.05) is 19.1 Å². The lowest BCUT2D eigenvalue weighted by atomic mass is 9.83. The Bertz CT molecular complexity index is 1080. The molecule has 0 amide bonds. The molecule has 0 radical (unpaired) electrons. The number of methoxy groups -OCH3 is 2. The maximum absolute atomic E-state index is 15.9. The van der Waals surface area contributed by atoms with Crippen LogP contribution in [0.4, 0.5) is 14.5 Å². The number of Topliss-reactive ketones (excluding diaryl/α,β-unsaturated/α-hetero) is 1. The first-order valence-corrected chi connectivity index (χ1v) is 11.5. The second-order valence-corrected chi connectivity index (χ2v) is 8.71. The molecule has 6 heteroatoms. The quantitative estimate of drug-likeness (QED) is 0.385. The molecule has 34 heavy (non-hydrogen) atoms. The van der Waals surface area contributed by atoms with Crippen molar-refractivity contribution in [3.63, 3.8) is 0 Å². The molecule has 0 aliphatic heterocycles. The molecule has 1 aliphatic carbocycles. The van der Waals surface area contributed by atoms with E-state index in [0.29, 0.717) is 32.4 Å². The Balaban J connectivity index is 1.71. The van der Waals surface area contributed by atoms with Crippen molar-refractivity contribution in [2.45, 2.75) is 44.7 Å². The minimum absolute atomic E-state index is 0.106. The first-order chi connectivity index (χ1) is 16.5. The highest BCUT2D eigenvalue weighted by Crippen LogP contribution is 2.37. The number of anilines is 1. The van der Waals surface area contributed by atoms with Gasteiger partial charge in [-0.15, -0.1) is 0 Å². The van der Waals surface area contributed by atoms with Crippen molar-refractivity contribution in [1.29, 1.82) is 0 Å². The molecule has 1 unspecified atom stereocenters. The highest BCUT2D eigenvalue weighted by molar-refractivity contribution is 5.80. The van der Waals surface area contributed by atoms with E-state index in [2.05, 4.69) is 0 Å². The third-order valence-electron chi connectivity index (χ3n) is 6.37. The fraction of sp³-hybridized carbons (Fsp3) is 0.321. The van der Waals surface area contributed by atoms with Crippen LogP contribution in [0.1, 0.15) is 48.3 Å². The van der Waals surface area contributed by atoms with Crippen LogP contribution < -0.4 is 14.4 Å². The lowest BCUT2D eigenvalue weighted by Gasteiger charge is -2.29. The smallest absolute Gasteiger partial charge is 0.150 e. The van der Waals surface area contributed by atoms with E-state index in [1.807, 2.05) is 53.4 Å². The van der Waals surface area contributed by atoms with Gasteiger partial charge in [-0.1, -0.05) is 24.3 Å². The molecule has 1 atom stereocenters. The van der Waals surface area contributed by atoms with Crippen molar-refractivity contribution in [1.82, 2.24) is 0 Å². The molecular formula is C28H29F2NO3. The summed E-state index contributed by atoms with van der Waals surface area (Å²) < 4.78 is 41.2. The zero-order chi connectivity index (χ0) is 24.1. The summed E-state index contributed by atoms with van der Waals surface area (Å²) in [5, 5.41) is 0. The van der Waals surface area contributed by atoms with Crippen LogP contribution in [-0.2, 0) is 17.9 Å². The van der Waals surface area contributed by atoms with Crippen LogP contribution in [0.25, 0.3) is 0 Å². The standard InChI is InChI=1S/C28H29F2NO3/c1-33-24-10-6-19(7-11-24)17-31(18-20-8-12-25(34-2)13-9-20)27-16-22(29)15-26(28(27)30)21-4-3-5-23(32)14-21/h6-13,15-16,21H,3-5,14,17-18H2,1-2H3. The lowest BCUT2D eigenvalue weighted by Crippen LogP contribution is -2.24. The zero-order valence-corrected chi connectivity index (χ0v) is 19.5. The number of hydrogen-bond donors (Lipinski definition) is 0. The molecule has 0 N–H and O–H groups in total. The van der Waals surface area contributed by atoms with Crippen LogP contribution in [0.5, 0.6) is 11.5 Å². The van der Waals surface area contributed by atoms with E-state index in [4.69, 9.17) is 9.47 Å². The third-order valence-corrected chi connectivity index (χ3v) is 6.37. The molecule has 0 heterocycles. The van der Waals surface area contributed by atoms with Gasteiger partial charge in [0, 0.05) is 32.0 Å². The van der Waals surface area contributed by atoms with Crippen LogP contribution in [0.3, 0.4) is 0 Å². The highest BCUT2D eigenvalue weighted by Gasteiger charge is 2.27. The van der Waals surface area contributed by atoms with Crippen LogP contribution in [-0.4, -0.2) is 20.0 Å². The summed E-state index contributed by atoms with van der Waals surface area (Å²) in [5.41, 5.74) is 2.36. The van der Waals surface area contributed by atoms with Gasteiger partial charge in [-0.2, -0.15) is 0 Å². The summed E-state index contributed by atoms with van der Waals surface area (Å²) in [5.74, 6) is 0.314. The lowest BCUT2D eigenvalue weighted by molar-refractivity contribution is -0.120. The Hall–Kier alpha value is -3.41. The average Bonchev–Trinajstić information content (AvgIpc) is 2.85. The maximum Gasteiger partial charge on any atom is 0.150 e. The Kier molecular flexibility index (Phi) is 7.46. The number of benzene rings is 3. The molecule has 0 bridgehead atoms. The molecule has 0 saturated heterocycles. The van der Waals surface area contributed by atoms with E-state index in [9.17, 15) is 9.18 Å². The Morgan fingerprint density at radius 2 is 1.44 bits per heavy atom. The first-order valence-electron chi connectivity index (χ1n) is 11.5. The van der Waals surface area contributed by atoms with Gasteiger partial charge in [0.1, 0.15) is 28.9 Å². The first kappa shape index (κ1) is 23.7. The topological polar surface area (TPSA) is 38.8 Å². The van der Waals surface area contributed by atoms with Crippen molar-refractivity contribution in [3.8, 4) is 11.5 Å². The summed E-state index contributed by atoms with van der Waals surface area (Å²) in [7, 11) is 3.20. The van der Waals surface area contributed by atoms with Gasteiger partial charge >= 0.3 is 0 Å². The predicted octanol–water partition coefficient (Wildman–Crippen LogP) is 6.42. The molecular weight excluding hydrogens is 436 g/mol. The second kappa shape index (κ2) is 10.7. The fourth-order valence-electron chi connectivity index (χ4n) is 4.54. The van der Waals surface area contributed by atoms with Crippen molar-refractivity contribution in [2.24, 2.45) is 0 Å². The summed E-state index contributed by atoms with van der Waals surface area (Å²) in [6, 6.07) is 17.6. The summed E-state index contributed by atoms with van der Waals surface area (Å²) in [6.45, 7) is 0.749. The molecule has 3 aromatic rings. The van der Waals surface area contributed by atoms with Gasteiger partial charge in [-0.3, -0.25) is 4.79 Å². The molecule has 3 aromatic carbocycles. The van der Waals surface area contributed by atoms with Gasteiger partial charge in [0.05, 0.1) is 19.9 Å². The average molecular weight is 466 g/mol. The van der Waals surface area contributed by atoms with E-state index in [0.717, 1.165) is 22.6 Å². The molecule has 4 nitrogen and oxygen atoms in total. The summed E-state index contributed by atoms with van der Waals surface area (Å²) in [4.78, 5) is 13.8. The molecule has 1 saturated carbocycles. The number of halogens is 2. The van der Waals surface area contributed by atoms with Crippen LogP contribution in [0.2, 0.25) is 0 Å². The summed E-state index contributed by atoms with van der Waals surface area (Å²) >= 11 is 0. The number of hydrogen-bond acceptors (Lipinski definition) is 4. The molecule has 1 fully saturated rings. The van der Waals surface area contributed by atoms with Gasteiger partial charge < -0.3 is 14.4 Å². The van der Waals surface area contributed by atoms with E-state index >= 15 is 4.39 Å². The van der Waals surface area contributed by atoms with Crippen LogP contribution >= 0.6 is 0 Å². The van der Waals surface area contributed by atoms with Gasteiger partial charge in [0.25, 0.3) is 0 Å². The van der Waals surface area contributed by atoms with Gasteiger partial charge in [0.15, 0.2) is 0 Å². The largest absolute Gasteiger partial charge is 0.497 e. The van der Waals surface area contributed by atoms with Crippen molar-refractivity contribution in [3.05, 3.63) is 89.0 Å². The highest BCUT2D eigenvalue weighted by atomic mass is 19.1.